The van der Waals surface area contributed by atoms with E-state index in [2.05, 4.69) is 38.1 Å². The first-order valence-corrected chi connectivity index (χ1v) is 5.40. The molecule has 0 unspecified atom stereocenters. The normalized spacial score (nSPS) is 19.6. The van der Waals surface area contributed by atoms with Gasteiger partial charge in [0.05, 0.1) is 0 Å². The lowest BCUT2D eigenvalue weighted by Crippen LogP contribution is -2.16. The van der Waals surface area contributed by atoms with Crippen LogP contribution >= 0.6 is 15.9 Å². The SMILES string of the molecule is [N-]=[N+]=N[C@@H]1CCc2cc(Br)ccc2C1. The first-order chi connectivity index (χ1) is 6.79. The zero-order valence-corrected chi connectivity index (χ0v) is 9.24. The molecule has 3 nitrogen and oxygen atoms in total. The fourth-order valence-corrected chi connectivity index (χ4v) is 2.28. The predicted molar refractivity (Wildman–Crippen MR) is 59.1 cm³/mol. The Balaban J connectivity index is 2.27. The van der Waals surface area contributed by atoms with Crippen LogP contribution in [0.25, 0.3) is 10.4 Å². The van der Waals surface area contributed by atoms with Crippen LogP contribution in [0.1, 0.15) is 17.5 Å². The van der Waals surface area contributed by atoms with Gasteiger partial charge in [-0.05, 0) is 48.1 Å². The standard InChI is InChI=1S/C10H10BrN3/c11-9-3-1-8-6-10(13-14-12)4-2-7(8)5-9/h1,3,5,10H,2,4,6H2/t10-/m1/s1. The number of rotatable bonds is 1. The zero-order chi connectivity index (χ0) is 9.97. The number of halogens is 1. The number of aryl methyl sites for hydroxylation is 1. The molecule has 1 aromatic rings. The minimum absolute atomic E-state index is 0.147. The molecule has 0 saturated heterocycles. The molecule has 1 atom stereocenters. The molecular weight excluding hydrogens is 242 g/mol. The van der Waals surface area contributed by atoms with E-state index in [4.69, 9.17) is 5.53 Å². The second-order valence-electron chi connectivity index (χ2n) is 3.51. The Labute approximate surface area is 90.9 Å². The highest BCUT2D eigenvalue weighted by Crippen LogP contribution is 2.26. The molecule has 0 saturated carbocycles. The van der Waals surface area contributed by atoms with Gasteiger partial charge in [-0.15, -0.1) is 0 Å². The Morgan fingerprint density at radius 1 is 1.43 bits per heavy atom. The molecule has 2 rings (SSSR count). The van der Waals surface area contributed by atoms with E-state index in [9.17, 15) is 0 Å². The van der Waals surface area contributed by atoms with E-state index in [1.54, 1.807) is 0 Å². The maximum absolute atomic E-state index is 8.36. The van der Waals surface area contributed by atoms with Gasteiger partial charge in [-0.1, -0.05) is 27.1 Å². The first-order valence-electron chi connectivity index (χ1n) is 4.61. The number of hydrogen-bond acceptors (Lipinski definition) is 1. The summed E-state index contributed by atoms with van der Waals surface area (Å²) >= 11 is 3.45. The van der Waals surface area contributed by atoms with Crippen LogP contribution in [0.3, 0.4) is 0 Å². The molecule has 1 aliphatic rings. The lowest BCUT2D eigenvalue weighted by molar-refractivity contribution is 0.573. The van der Waals surface area contributed by atoms with Crippen molar-refractivity contribution in [3.05, 3.63) is 44.2 Å². The maximum Gasteiger partial charge on any atom is 0.0417 e. The van der Waals surface area contributed by atoms with Crippen LogP contribution in [0.15, 0.2) is 27.8 Å². The molecule has 0 heterocycles. The fourth-order valence-electron chi connectivity index (χ4n) is 1.88. The van der Waals surface area contributed by atoms with Crippen molar-refractivity contribution >= 4 is 15.9 Å². The van der Waals surface area contributed by atoms with E-state index in [1.807, 2.05) is 6.07 Å². The molecule has 72 valence electrons. The first kappa shape index (κ1) is 9.56. The molecule has 0 aromatic heterocycles. The van der Waals surface area contributed by atoms with E-state index in [-0.39, 0.29) is 6.04 Å². The van der Waals surface area contributed by atoms with Crippen LogP contribution < -0.4 is 0 Å². The van der Waals surface area contributed by atoms with Gasteiger partial charge in [-0.25, -0.2) is 0 Å². The van der Waals surface area contributed by atoms with E-state index in [0.29, 0.717) is 0 Å². The van der Waals surface area contributed by atoms with Gasteiger partial charge in [0.25, 0.3) is 0 Å². The molecule has 4 heteroatoms. The predicted octanol–water partition coefficient (Wildman–Crippen LogP) is 3.62. The van der Waals surface area contributed by atoms with Crippen LogP contribution in [0.2, 0.25) is 0 Å². The summed E-state index contributed by atoms with van der Waals surface area (Å²) in [5.41, 5.74) is 11.1. The molecule has 1 aliphatic carbocycles. The zero-order valence-electron chi connectivity index (χ0n) is 7.65. The molecule has 14 heavy (non-hydrogen) atoms. The Bertz CT molecular complexity index is 396. The Morgan fingerprint density at radius 3 is 3.07 bits per heavy atom. The summed E-state index contributed by atoms with van der Waals surface area (Å²) in [6, 6.07) is 6.45. The molecule has 1 aromatic carbocycles. The van der Waals surface area contributed by atoms with E-state index in [0.717, 1.165) is 23.7 Å². The van der Waals surface area contributed by atoms with Gasteiger partial charge in [0, 0.05) is 15.4 Å². The van der Waals surface area contributed by atoms with Gasteiger partial charge in [-0.3, -0.25) is 0 Å². The number of hydrogen-bond donors (Lipinski definition) is 0. The average molecular weight is 252 g/mol. The summed E-state index contributed by atoms with van der Waals surface area (Å²) in [6.45, 7) is 0. The lowest BCUT2D eigenvalue weighted by Gasteiger charge is -2.20. The highest BCUT2D eigenvalue weighted by Gasteiger charge is 2.17. The molecule has 0 N–H and O–H groups in total. The summed E-state index contributed by atoms with van der Waals surface area (Å²) in [7, 11) is 0. The van der Waals surface area contributed by atoms with Crippen LogP contribution in [0.5, 0.6) is 0 Å². The summed E-state index contributed by atoms with van der Waals surface area (Å²) in [5.74, 6) is 0. The highest BCUT2D eigenvalue weighted by atomic mass is 79.9. The summed E-state index contributed by atoms with van der Waals surface area (Å²) in [4.78, 5) is 2.87. The van der Waals surface area contributed by atoms with Crippen molar-refractivity contribution in [1.82, 2.24) is 0 Å². The summed E-state index contributed by atoms with van der Waals surface area (Å²) in [5, 5.41) is 3.77. The van der Waals surface area contributed by atoms with E-state index in [1.165, 1.54) is 11.1 Å². The molecule has 0 spiro atoms. The fraction of sp³-hybridized carbons (Fsp3) is 0.400. The molecule has 0 bridgehead atoms. The van der Waals surface area contributed by atoms with Gasteiger partial charge in [0.15, 0.2) is 0 Å². The third-order valence-electron chi connectivity index (χ3n) is 2.59. The molecule has 0 fully saturated rings. The van der Waals surface area contributed by atoms with Crippen LogP contribution in [0, 0.1) is 0 Å². The minimum atomic E-state index is 0.147. The Morgan fingerprint density at radius 2 is 2.29 bits per heavy atom. The van der Waals surface area contributed by atoms with Crippen molar-refractivity contribution in [2.45, 2.75) is 25.3 Å². The maximum atomic E-state index is 8.36. The van der Waals surface area contributed by atoms with Crippen molar-refractivity contribution in [2.75, 3.05) is 0 Å². The molecular formula is C10H10BrN3. The molecule has 0 amide bonds. The number of azide groups is 1. The molecule has 0 aliphatic heterocycles. The quantitative estimate of drug-likeness (QED) is 0.416. The average Bonchev–Trinajstić information content (AvgIpc) is 2.19. The summed E-state index contributed by atoms with van der Waals surface area (Å²) in [6.07, 6.45) is 2.86. The van der Waals surface area contributed by atoms with Crippen molar-refractivity contribution < 1.29 is 0 Å². The van der Waals surface area contributed by atoms with Gasteiger partial charge >= 0.3 is 0 Å². The number of benzene rings is 1. The minimum Gasteiger partial charge on any atom is -0.0903 e. The van der Waals surface area contributed by atoms with Gasteiger partial charge in [0.1, 0.15) is 0 Å². The Hall–Kier alpha value is -0.990. The third kappa shape index (κ3) is 1.91. The van der Waals surface area contributed by atoms with Crippen LogP contribution in [-0.2, 0) is 12.8 Å². The Kier molecular flexibility index (Phi) is 2.75. The van der Waals surface area contributed by atoms with E-state index >= 15 is 0 Å². The van der Waals surface area contributed by atoms with Crippen molar-refractivity contribution in [3.8, 4) is 0 Å². The van der Waals surface area contributed by atoms with Crippen molar-refractivity contribution in [1.29, 1.82) is 0 Å². The largest absolute Gasteiger partial charge is 0.0903 e. The van der Waals surface area contributed by atoms with Crippen LogP contribution in [0.4, 0.5) is 0 Å². The van der Waals surface area contributed by atoms with E-state index < -0.39 is 0 Å². The monoisotopic (exact) mass is 251 g/mol. The molecule has 0 radical (unpaired) electrons. The topological polar surface area (TPSA) is 48.8 Å². The second kappa shape index (κ2) is 4.03. The van der Waals surface area contributed by atoms with Crippen molar-refractivity contribution in [3.63, 3.8) is 0 Å². The number of nitrogens with zero attached hydrogens (tertiary/aromatic N) is 3. The third-order valence-corrected chi connectivity index (χ3v) is 3.08. The highest BCUT2D eigenvalue weighted by molar-refractivity contribution is 9.10. The van der Waals surface area contributed by atoms with Gasteiger partial charge in [-0.2, -0.15) is 0 Å². The smallest absolute Gasteiger partial charge is 0.0417 e. The van der Waals surface area contributed by atoms with Crippen LogP contribution in [-0.4, -0.2) is 6.04 Å². The van der Waals surface area contributed by atoms with Crippen molar-refractivity contribution in [2.24, 2.45) is 5.11 Å². The second-order valence-corrected chi connectivity index (χ2v) is 4.43. The number of fused-ring (bicyclic) bond motifs is 1. The lowest BCUT2D eigenvalue weighted by atomic mass is 9.89. The van der Waals surface area contributed by atoms with Gasteiger partial charge in [0.2, 0.25) is 0 Å². The summed E-state index contributed by atoms with van der Waals surface area (Å²) < 4.78 is 1.12. The van der Waals surface area contributed by atoms with Gasteiger partial charge < -0.3 is 0 Å².